The number of nitrogens with one attached hydrogen (secondary N) is 2. The van der Waals surface area contributed by atoms with E-state index in [1.807, 2.05) is 39.0 Å². The van der Waals surface area contributed by atoms with Crippen LogP contribution in [0.5, 0.6) is 0 Å². The number of anilines is 2. The van der Waals surface area contributed by atoms with E-state index in [9.17, 15) is 18.8 Å². The van der Waals surface area contributed by atoms with E-state index in [1.165, 1.54) is 13.2 Å². The molecular formula is C30H35FN4O5. The molecule has 3 aromatic rings. The number of carbonyl (C=O) groups is 3. The predicted molar refractivity (Wildman–Crippen MR) is 150 cm³/mol. The van der Waals surface area contributed by atoms with Crippen molar-refractivity contribution in [2.45, 2.75) is 58.7 Å². The fourth-order valence-corrected chi connectivity index (χ4v) is 5.24. The fourth-order valence-electron chi connectivity index (χ4n) is 5.24. The number of halogens is 1. The molecule has 0 atom stereocenters. The van der Waals surface area contributed by atoms with E-state index >= 15 is 0 Å². The standard InChI is InChI=1S/C30H35FN4O5/c1-30(2,3)40-29(38)34-11-10-21-19(16-34)9-8-18-14-24(35(26(18)21)15-17-6-7-17)27(36)33-23-13-20(28(37)39-5)12-22(31)25(23)32-4/h8-9,12-14,17,32H,6-7,10-11,15-16H2,1-5H3,(H,33,36). The normalized spacial score (nSPS) is 15.0. The lowest BCUT2D eigenvalue weighted by atomic mass is 9.97. The number of benzene rings is 2. The minimum atomic E-state index is -0.702. The summed E-state index contributed by atoms with van der Waals surface area (Å²) < 4.78 is 27.2. The average molecular weight is 551 g/mol. The monoisotopic (exact) mass is 550 g/mol. The molecule has 2 N–H and O–H groups in total. The van der Waals surface area contributed by atoms with Gasteiger partial charge >= 0.3 is 12.1 Å². The van der Waals surface area contributed by atoms with Gasteiger partial charge in [0.15, 0.2) is 0 Å². The largest absolute Gasteiger partial charge is 0.465 e. The van der Waals surface area contributed by atoms with E-state index in [1.54, 1.807) is 11.9 Å². The second kappa shape index (κ2) is 10.5. The summed E-state index contributed by atoms with van der Waals surface area (Å²) in [5.41, 5.74) is 3.23. The lowest BCUT2D eigenvalue weighted by molar-refractivity contribution is 0.0224. The number of methoxy groups -OCH3 is 1. The minimum absolute atomic E-state index is 0.00330. The quantitative estimate of drug-likeness (QED) is 0.390. The van der Waals surface area contributed by atoms with E-state index in [2.05, 4.69) is 15.2 Å². The Kier molecular flexibility index (Phi) is 7.20. The molecule has 0 unspecified atom stereocenters. The Hall–Kier alpha value is -4.08. The first-order valence-electron chi connectivity index (χ1n) is 13.5. The number of fused-ring (bicyclic) bond motifs is 3. The second-order valence-electron chi connectivity index (χ2n) is 11.5. The Labute approximate surface area is 232 Å². The first kappa shape index (κ1) is 27.5. The highest BCUT2D eigenvalue weighted by Gasteiger charge is 2.31. The number of amides is 2. The Morgan fingerprint density at radius 2 is 1.88 bits per heavy atom. The molecule has 1 aliphatic carbocycles. The molecule has 1 aromatic heterocycles. The number of aromatic nitrogens is 1. The number of hydrogen-bond acceptors (Lipinski definition) is 6. The molecule has 1 fully saturated rings. The van der Waals surface area contributed by atoms with Crippen LogP contribution in [0.25, 0.3) is 10.9 Å². The predicted octanol–water partition coefficient (Wildman–Crippen LogP) is 5.56. The average Bonchev–Trinajstić information content (AvgIpc) is 3.65. The van der Waals surface area contributed by atoms with Gasteiger partial charge in [-0.3, -0.25) is 4.79 Å². The van der Waals surface area contributed by atoms with Crippen LogP contribution in [0.1, 0.15) is 65.6 Å². The second-order valence-corrected chi connectivity index (χ2v) is 11.5. The highest BCUT2D eigenvalue weighted by molar-refractivity contribution is 6.09. The summed E-state index contributed by atoms with van der Waals surface area (Å²) in [5, 5.41) is 6.51. The van der Waals surface area contributed by atoms with Gasteiger partial charge in [0.25, 0.3) is 5.91 Å². The van der Waals surface area contributed by atoms with E-state index in [4.69, 9.17) is 9.47 Å². The van der Waals surface area contributed by atoms with Crippen molar-refractivity contribution in [3.8, 4) is 0 Å². The third kappa shape index (κ3) is 5.48. The molecule has 1 saturated carbocycles. The Balaban J connectivity index is 1.51. The highest BCUT2D eigenvalue weighted by Crippen LogP contribution is 2.37. The molecule has 10 heteroatoms. The number of rotatable bonds is 6. The zero-order valence-corrected chi connectivity index (χ0v) is 23.5. The summed E-state index contributed by atoms with van der Waals surface area (Å²) in [6.07, 6.45) is 2.49. The number of carbonyl (C=O) groups excluding carboxylic acids is 3. The van der Waals surface area contributed by atoms with Gasteiger partial charge in [-0.25, -0.2) is 14.0 Å². The van der Waals surface area contributed by atoms with Crippen molar-refractivity contribution in [3.63, 3.8) is 0 Å². The molecule has 5 rings (SSSR count). The van der Waals surface area contributed by atoms with Gasteiger partial charge in [0.1, 0.15) is 17.1 Å². The lowest BCUT2D eigenvalue weighted by Gasteiger charge is -2.31. The maximum absolute atomic E-state index is 14.8. The maximum atomic E-state index is 14.8. The van der Waals surface area contributed by atoms with Crippen LogP contribution in [0.2, 0.25) is 0 Å². The van der Waals surface area contributed by atoms with Gasteiger partial charge in [-0.15, -0.1) is 0 Å². The van der Waals surface area contributed by atoms with Crippen LogP contribution >= 0.6 is 0 Å². The van der Waals surface area contributed by atoms with Crippen molar-refractivity contribution in [1.29, 1.82) is 0 Å². The zero-order chi connectivity index (χ0) is 28.8. The van der Waals surface area contributed by atoms with E-state index in [0.717, 1.165) is 40.9 Å². The van der Waals surface area contributed by atoms with Crippen molar-refractivity contribution in [3.05, 3.63) is 58.5 Å². The van der Waals surface area contributed by atoms with E-state index in [-0.39, 0.29) is 23.0 Å². The lowest BCUT2D eigenvalue weighted by Crippen LogP contribution is -2.40. The van der Waals surface area contributed by atoms with Gasteiger partial charge < -0.3 is 29.6 Å². The van der Waals surface area contributed by atoms with E-state index < -0.39 is 23.3 Å². The molecule has 1 aliphatic heterocycles. The van der Waals surface area contributed by atoms with Gasteiger partial charge in [-0.05, 0) is 75.3 Å². The Bertz CT molecular complexity index is 1500. The maximum Gasteiger partial charge on any atom is 0.410 e. The first-order chi connectivity index (χ1) is 19.0. The topological polar surface area (TPSA) is 102 Å². The molecule has 2 aromatic carbocycles. The number of esters is 1. The van der Waals surface area contributed by atoms with Crippen LogP contribution < -0.4 is 10.6 Å². The van der Waals surface area contributed by atoms with Crippen molar-refractivity contribution < 1.29 is 28.2 Å². The number of ether oxygens (including phenoxy) is 2. The molecular weight excluding hydrogens is 515 g/mol. The smallest absolute Gasteiger partial charge is 0.410 e. The summed E-state index contributed by atoms with van der Waals surface area (Å²) in [7, 11) is 2.76. The Morgan fingerprint density at radius 1 is 1.12 bits per heavy atom. The zero-order valence-electron chi connectivity index (χ0n) is 23.5. The molecule has 9 nitrogen and oxygen atoms in total. The van der Waals surface area contributed by atoms with Crippen LogP contribution in [0.4, 0.5) is 20.6 Å². The summed E-state index contributed by atoms with van der Waals surface area (Å²) in [6, 6.07) is 8.31. The first-order valence-corrected chi connectivity index (χ1v) is 13.5. The van der Waals surface area contributed by atoms with Crippen molar-refractivity contribution >= 4 is 40.2 Å². The van der Waals surface area contributed by atoms with Crippen LogP contribution in [-0.4, -0.2) is 53.7 Å². The van der Waals surface area contributed by atoms with Crippen molar-refractivity contribution in [1.82, 2.24) is 9.47 Å². The van der Waals surface area contributed by atoms with Crippen LogP contribution in [0.15, 0.2) is 30.3 Å². The minimum Gasteiger partial charge on any atom is -0.465 e. The summed E-state index contributed by atoms with van der Waals surface area (Å²) >= 11 is 0. The SMILES string of the molecule is CNc1c(F)cc(C(=O)OC)cc1NC(=O)c1cc2ccc3c(c2n1CC1CC1)CCN(C(=O)OC(C)(C)C)C3. The molecule has 2 aliphatic rings. The highest BCUT2D eigenvalue weighted by atomic mass is 19.1. The molecule has 0 spiro atoms. The summed E-state index contributed by atoms with van der Waals surface area (Å²) in [5.74, 6) is -1.31. The van der Waals surface area contributed by atoms with Crippen LogP contribution in [0.3, 0.4) is 0 Å². The van der Waals surface area contributed by atoms with Crippen molar-refractivity contribution in [2.24, 2.45) is 5.92 Å². The third-order valence-electron chi connectivity index (χ3n) is 7.29. The summed E-state index contributed by atoms with van der Waals surface area (Å²) in [4.78, 5) is 40.2. The summed E-state index contributed by atoms with van der Waals surface area (Å²) in [6.45, 7) is 7.19. The molecule has 0 bridgehead atoms. The van der Waals surface area contributed by atoms with Crippen LogP contribution in [-0.2, 0) is 29.0 Å². The molecule has 0 saturated heterocycles. The van der Waals surface area contributed by atoms with Gasteiger partial charge in [0.05, 0.1) is 29.6 Å². The van der Waals surface area contributed by atoms with Gasteiger partial charge in [0, 0.05) is 32.1 Å². The molecule has 2 heterocycles. The molecule has 0 radical (unpaired) electrons. The molecule has 40 heavy (non-hydrogen) atoms. The number of nitrogens with zero attached hydrogens (tertiary/aromatic N) is 2. The van der Waals surface area contributed by atoms with Gasteiger partial charge in [-0.2, -0.15) is 0 Å². The van der Waals surface area contributed by atoms with E-state index in [0.29, 0.717) is 37.7 Å². The van der Waals surface area contributed by atoms with Gasteiger partial charge in [0.2, 0.25) is 0 Å². The van der Waals surface area contributed by atoms with Crippen molar-refractivity contribution in [2.75, 3.05) is 31.3 Å². The number of hydrogen-bond donors (Lipinski definition) is 2. The Morgan fingerprint density at radius 3 is 2.52 bits per heavy atom. The van der Waals surface area contributed by atoms with Crippen LogP contribution in [0, 0.1) is 11.7 Å². The van der Waals surface area contributed by atoms with Gasteiger partial charge in [-0.1, -0.05) is 12.1 Å². The fraction of sp³-hybridized carbons (Fsp3) is 0.433. The third-order valence-corrected chi connectivity index (χ3v) is 7.29. The molecule has 212 valence electrons. The molecule has 2 amide bonds.